The van der Waals surface area contributed by atoms with Crippen LogP contribution in [0.5, 0.6) is 0 Å². The van der Waals surface area contributed by atoms with Gasteiger partial charge in [-0.3, -0.25) is 25.0 Å². The summed E-state index contributed by atoms with van der Waals surface area (Å²) in [5, 5.41) is 13.0. The molecule has 6 heteroatoms. The normalized spacial score (nSPS) is 20.1. The fourth-order valence-electron chi connectivity index (χ4n) is 2.06. The summed E-state index contributed by atoms with van der Waals surface area (Å²) in [5.74, 6) is -1.15. The number of nitrogens with one attached hydrogen (secondary N) is 1. The van der Waals surface area contributed by atoms with Gasteiger partial charge in [-0.1, -0.05) is 12.1 Å². The number of non-ortho nitro benzene ring substituents is 1. The van der Waals surface area contributed by atoms with Gasteiger partial charge in [0.05, 0.1) is 10.8 Å². The summed E-state index contributed by atoms with van der Waals surface area (Å²) in [6.45, 7) is 0. The van der Waals surface area contributed by atoms with Gasteiger partial charge in [0.25, 0.3) is 5.69 Å². The number of hydrogen-bond acceptors (Lipinski definition) is 4. The predicted molar refractivity (Wildman–Crippen MR) is 62.8 cm³/mol. The molecule has 0 spiro atoms. The molecule has 1 heterocycles. The fourth-order valence-corrected chi connectivity index (χ4v) is 2.06. The summed E-state index contributed by atoms with van der Waals surface area (Å²) in [6.07, 6.45) is 1.45. The van der Waals surface area contributed by atoms with Crippen molar-refractivity contribution in [1.29, 1.82) is 0 Å². The molecular formula is C12H12N2O4. The number of nitro groups is 1. The first-order chi connectivity index (χ1) is 8.58. The number of imide groups is 1. The third kappa shape index (κ3) is 2.53. The van der Waals surface area contributed by atoms with Crippen molar-refractivity contribution in [2.75, 3.05) is 0 Å². The molecule has 1 atom stereocenters. The second-order valence-corrected chi connectivity index (χ2v) is 4.21. The molecule has 0 saturated carbocycles. The SMILES string of the molecule is O=C1CCCC(c2cccc([N+](=O)[O-])c2)C(=O)N1. The molecule has 18 heavy (non-hydrogen) atoms. The Bertz CT molecular complexity index is 513. The van der Waals surface area contributed by atoms with Gasteiger partial charge in [-0.25, -0.2) is 0 Å². The Morgan fingerprint density at radius 2 is 2.11 bits per heavy atom. The van der Waals surface area contributed by atoms with E-state index in [0.717, 1.165) is 0 Å². The lowest BCUT2D eigenvalue weighted by Crippen LogP contribution is -2.31. The smallest absolute Gasteiger partial charge is 0.269 e. The number of rotatable bonds is 2. The Labute approximate surface area is 103 Å². The van der Waals surface area contributed by atoms with Gasteiger partial charge in [-0.2, -0.15) is 0 Å². The fraction of sp³-hybridized carbons (Fsp3) is 0.333. The van der Waals surface area contributed by atoms with E-state index in [-0.39, 0.29) is 17.5 Å². The molecule has 1 aliphatic rings. The van der Waals surface area contributed by atoms with Gasteiger partial charge in [-0.15, -0.1) is 0 Å². The van der Waals surface area contributed by atoms with Gasteiger partial charge < -0.3 is 0 Å². The molecule has 1 aliphatic heterocycles. The van der Waals surface area contributed by atoms with Crippen LogP contribution in [0.3, 0.4) is 0 Å². The molecule has 1 fully saturated rings. The minimum absolute atomic E-state index is 0.0455. The Hall–Kier alpha value is -2.24. The zero-order chi connectivity index (χ0) is 13.1. The Morgan fingerprint density at radius 1 is 1.33 bits per heavy atom. The highest BCUT2D eigenvalue weighted by Gasteiger charge is 2.26. The van der Waals surface area contributed by atoms with Crippen molar-refractivity contribution in [2.45, 2.75) is 25.2 Å². The number of benzene rings is 1. The van der Waals surface area contributed by atoms with Gasteiger partial charge in [0, 0.05) is 18.6 Å². The van der Waals surface area contributed by atoms with Crippen molar-refractivity contribution >= 4 is 17.5 Å². The average molecular weight is 248 g/mol. The van der Waals surface area contributed by atoms with E-state index in [1.165, 1.54) is 12.1 Å². The molecular weight excluding hydrogens is 236 g/mol. The highest BCUT2D eigenvalue weighted by atomic mass is 16.6. The van der Waals surface area contributed by atoms with E-state index in [0.29, 0.717) is 24.8 Å². The summed E-state index contributed by atoms with van der Waals surface area (Å²) in [7, 11) is 0. The second-order valence-electron chi connectivity index (χ2n) is 4.21. The van der Waals surface area contributed by atoms with Crippen molar-refractivity contribution < 1.29 is 14.5 Å². The quantitative estimate of drug-likeness (QED) is 0.488. The van der Waals surface area contributed by atoms with Crippen molar-refractivity contribution in [2.24, 2.45) is 0 Å². The van der Waals surface area contributed by atoms with Crippen molar-refractivity contribution in [3.63, 3.8) is 0 Å². The van der Waals surface area contributed by atoms with E-state index in [1.54, 1.807) is 12.1 Å². The van der Waals surface area contributed by atoms with E-state index in [4.69, 9.17) is 0 Å². The van der Waals surface area contributed by atoms with E-state index in [9.17, 15) is 19.7 Å². The van der Waals surface area contributed by atoms with Crippen molar-refractivity contribution in [3.05, 3.63) is 39.9 Å². The lowest BCUT2D eigenvalue weighted by molar-refractivity contribution is -0.384. The van der Waals surface area contributed by atoms with E-state index in [1.807, 2.05) is 0 Å². The van der Waals surface area contributed by atoms with Crippen LogP contribution >= 0.6 is 0 Å². The molecule has 0 radical (unpaired) electrons. The van der Waals surface area contributed by atoms with Gasteiger partial charge in [-0.05, 0) is 18.4 Å². The third-order valence-corrected chi connectivity index (χ3v) is 2.96. The lowest BCUT2D eigenvalue weighted by atomic mass is 9.93. The molecule has 0 aliphatic carbocycles. The number of carbonyl (C=O) groups excluding carboxylic acids is 2. The number of hydrogen-bond donors (Lipinski definition) is 1. The number of nitrogens with zero attached hydrogens (tertiary/aromatic N) is 1. The molecule has 0 bridgehead atoms. The molecule has 1 unspecified atom stereocenters. The molecule has 94 valence electrons. The van der Waals surface area contributed by atoms with Crippen LogP contribution in [0.1, 0.15) is 30.7 Å². The Balaban J connectivity index is 2.29. The first-order valence-corrected chi connectivity index (χ1v) is 5.66. The largest absolute Gasteiger partial charge is 0.296 e. The third-order valence-electron chi connectivity index (χ3n) is 2.96. The summed E-state index contributed by atoms with van der Waals surface area (Å²) in [5.41, 5.74) is 0.535. The molecule has 2 amide bonds. The van der Waals surface area contributed by atoms with Crippen LogP contribution in [-0.4, -0.2) is 16.7 Å². The zero-order valence-corrected chi connectivity index (χ0v) is 9.59. The van der Waals surface area contributed by atoms with Crippen LogP contribution in [0.2, 0.25) is 0 Å². The maximum atomic E-state index is 11.8. The number of carbonyl (C=O) groups is 2. The molecule has 2 rings (SSSR count). The Morgan fingerprint density at radius 3 is 2.83 bits per heavy atom. The topological polar surface area (TPSA) is 89.3 Å². The van der Waals surface area contributed by atoms with Crippen LogP contribution in [0.25, 0.3) is 0 Å². The average Bonchev–Trinajstić information content (AvgIpc) is 2.50. The lowest BCUT2D eigenvalue weighted by Gasteiger charge is -2.12. The van der Waals surface area contributed by atoms with E-state index in [2.05, 4.69) is 5.32 Å². The highest BCUT2D eigenvalue weighted by Crippen LogP contribution is 2.27. The molecule has 1 aromatic rings. The minimum atomic E-state index is -0.497. The summed E-state index contributed by atoms with van der Waals surface area (Å²) >= 11 is 0. The number of amides is 2. The van der Waals surface area contributed by atoms with Crippen LogP contribution in [0.15, 0.2) is 24.3 Å². The molecule has 1 N–H and O–H groups in total. The first kappa shape index (κ1) is 12.2. The van der Waals surface area contributed by atoms with Gasteiger partial charge in [0.1, 0.15) is 0 Å². The maximum absolute atomic E-state index is 11.8. The van der Waals surface area contributed by atoms with Crippen LogP contribution in [-0.2, 0) is 9.59 Å². The van der Waals surface area contributed by atoms with Gasteiger partial charge >= 0.3 is 0 Å². The zero-order valence-electron chi connectivity index (χ0n) is 9.59. The molecule has 1 saturated heterocycles. The maximum Gasteiger partial charge on any atom is 0.269 e. The van der Waals surface area contributed by atoms with Crippen LogP contribution in [0.4, 0.5) is 5.69 Å². The van der Waals surface area contributed by atoms with Crippen LogP contribution < -0.4 is 5.32 Å². The summed E-state index contributed by atoms with van der Waals surface area (Å²) < 4.78 is 0. The highest BCUT2D eigenvalue weighted by molar-refractivity contribution is 5.99. The predicted octanol–water partition coefficient (Wildman–Crippen LogP) is 1.51. The van der Waals surface area contributed by atoms with Gasteiger partial charge in [0.2, 0.25) is 11.8 Å². The molecule has 0 aromatic heterocycles. The van der Waals surface area contributed by atoms with Crippen LogP contribution in [0, 0.1) is 10.1 Å². The molecule has 6 nitrogen and oxygen atoms in total. The van der Waals surface area contributed by atoms with E-state index < -0.39 is 10.8 Å². The Kier molecular flexibility index (Phi) is 3.36. The van der Waals surface area contributed by atoms with Crippen molar-refractivity contribution in [1.82, 2.24) is 5.32 Å². The minimum Gasteiger partial charge on any atom is -0.296 e. The summed E-state index contributed by atoms with van der Waals surface area (Å²) in [6, 6.07) is 5.99. The molecule has 1 aromatic carbocycles. The van der Waals surface area contributed by atoms with Gasteiger partial charge in [0.15, 0.2) is 0 Å². The second kappa shape index (κ2) is 4.95. The first-order valence-electron chi connectivity index (χ1n) is 5.66. The van der Waals surface area contributed by atoms with Crippen molar-refractivity contribution in [3.8, 4) is 0 Å². The standard InChI is InChI=1S/C12H12N2O4/c15-11-6-2-5-10(12(16)13-11)8-3-1-4-9(7-8)14(17)18/h1,3-4,7,10H,2,5-6H2,(H,13,15,16). The van der Waals surface area contributed by atoms with E-state index >= 15 is 0 Å². The summed E-state index contributed by atoms with van der Waals surface area (Å²) in [4.78, 5) is 33.2. The number of nitro benzene ring substituents is 1. The monoisotopic (exact) mass is 248 g/mol.